The van der Waals surface area contributed by atoms with Gasteiger partial charge in [-0.05, 0) is 36.9 Å². The minimum absolute atomic E-state index is 0.509. The highest BCUT2D eigenvalue weighted by Gasteiger charge is 2.19. The number of likely N-dealkylation sites (N-methyl/N-ethyl adjacent to an activating group) is 1. The number of rotatable bonds is 6. The van der Waals surface area contributed by atoms with Gasteiger partial charge in [-0.3, -0.25) is 4.98 Å². The Hall–Kier alpha value is -0.890. The molecule has 1 rings (SSSR count). The molecule has 0 aliphatic carbocycles. The van der Waals surface area contributed by atoms with Crippen LogP contribution in [0.5, 0.6) is 0 Å². The summed E-state index contributed by atoms with van der Waals surface area (Å²) in [5, 5.41) is 3.42. The van der Waals surface area contributed by atoms with Crippen LogP contribution >= 0.6 is 0 Å². The van der Waals surface area contributed by atoms with Crippen molar-refractivity contribution in [3.05, 3.63) is 29.6 Å². The maximum absolute atomic E-state index is 4.54. The Balaban J connectivity index is 2.66. The molecule has 1 N–H and O–H groups in total. The van der Waals surface area contributed by atoms with Gasteiger partial charge in [-0.15, -0.1) is 0 Å². The van der Waals surface area contributed by atoms with Crippen molar-refractivity contribution < 1.29 is 0 Å². The van der Waals surface area contributed by atoms with E-state index in [1.54, 1.807) is 0 Å². The van der Waals surface area contributed by atoms with Crippen molar-refractivity contribution in [1.82, 2.24) is 10.3 Å². The number of hydrogen-bond donors (Lipinski definition) is 1. The van der Waals surface area contributed by atoms with Crippen LogP contribution in [0.4, 0.5) is 0 Å². The van der Waals surface area contributed by atoms with E-state index in [-0.39, 0.29) is 0 Å². The number of pyridine rings is 1. The van der Waals surface area contributed by atoms with Crippen LogP contribution in [0.15, 0.2) is 18.3 Å². The molecule has 0 amide bonds. The van der Waals surface area contributed by atoms with Crippen LogP contribution in [0.3, 0.4) is 0 Å². The average Bonchev–Trinajstić information content (AvgIpc) is 2.35. The molecule has 96 valence electrons. The second kappa shape index (κ2) is 6.75. The van der Waals surface area contributed by atoms with Gasteiger partial charge in [-0.2, -0.15) is 0 Å². The average molecular weight is 234 g/mol. The van der Waals surface area contributed by atoms with Crippen LogP contribution < -0.4 is 5.32 Å². The fourth-order valence-electron chi connectivity index (χ4n) is 2.03. The lowest BCUT2D eigenvalue weighted by Gasteiger charge is -2.26. The van der Waals surface area contributed by atoms with Gasteiger partial charge in [0.05, 0.1) is 0 Å². The van der Waals surface area contributed by atoms with Gasteiger partial charge in [0, 0.05) is 24.4 Å². The number of nitrogens with zero attached hydrogens (tertiary/aromatic N) is 1. The van der Waals surface area contributed by atoms with Crippen molar-refractivity contribution in [2.75, 3.05) is 7.05 Å². The third kappa shape index (κ3) is 4.12. The lowest BCUT2D eigenvalue weighted by atomic mass is 9.87. The zero-order chi connectivity index (χ0) is 12.8. The van der Waals surface area contributed by atoms with Crippen LogP contribution in [-0.4, -0.2) is 18.1 Å². The van der Waals surface area contributed by atoms with Crippen molar-refractivity contribution in [2.24, 2.45) is 11.8 Å². The van der Waals surface area contributed by atoms with Gasteiger partial charge in [0.2, 0.25) is 0 Å². The second-order valence-corrected chi connectivity index (χ2v) is 5.21. The zero-order valence-electron chi connectivity index (χ0n) is 11.8. The van der Waals surface area contributed by atoms with Crippen LogP contribution in [0, 0.1) is 11.8 Å². The standard InChI is InChI=1S/C15H26N2/c1-6-13-7-8-14(17-10-13)9-15(16-5)12(4)11(2)3/h7-8,10-12,15-16H,6,9H2,1-5H3. The summed E-state index contributed by atoms with van der Waals surface area (Å²) >= 11 is 0. The van der Waals surface area contributed by atoms with Gasteiger partial charge >= 0.3 is 0 Å². The topological polar surface area (TPSA) is 24.9 Å². The van der Waals surface area contributed by atoms with Crippen molar-refractivity contribution >= 4 is 0 Å². The predicted molar refractivity (Wildman–Crippen MR) is 74.2 cm³/mol. The molecule has 0 aromatic carbocycles. The Bertz CT molecular complexity index is 316. The van der Waals surface area contributed by atoms with E-state index in [4.69, 9.17) is 0 Å². The summed E-state index contributed by atoms with van der Waals surface area (Å²) in [6, 6.07) is 4.86. The fourth-order valence-corrected chi connectivity index (χ4v) is 2.03. The third-order valence-electron chi connectivity index (χ3n) is 3.78. The number of aromatic nitrogens is 1. The van der Waals surface area contributed by atoms with Gasteiger partial charge in [-0.25, -0.2) is 0 Å². The van der Waals surface area contributed by atoms with E-state index in [1.165, 1.54) is 11.3 Å². The van der Waals surface area contributed by atoms with Crippen LogP contribution in [-0.2, 0) is 12.8 Å². The molecule has 1 aromatic rings. The highest BCUT2D eigenvalue weighted by molar-refractivity contribution is 5.14. The Morgan fingerprint density at radius 2 is 1.94 bits per heavy atom. The van der Waals surface area contributed by atoms with Gasteiger partial charge in [0.15, 0.2) is 0 Å². The molecule has 2 unspecified atom stereocenters. The quantitative estimate of drug-likeness (QED) is 0.818. The lowest BCUT2D eigenvalue weighted by molar-refractivity contribution is 0.308. The summed E-state index contributed by atoms with van der Waals surface area (Å²) in [4.78, 5) is 4.54. The monoisotopic (exact) mass is 234 g/mol. The maximum Gasteiger partial charge on any atom is 0.0419 e. The maximum atomic E-state index is 4.54. The smallest absolute Gasteiger partial charge is 0.0419 e. The van der Waals surface area contributed by atoms with E-state index in [9.17, 15) is 0 Å². The number of hydrogen-bond acceptors (Lipinski definition) is 2. The van der Waals surface area contributed by atoms with Gasteiger partial charge in [0.25, 0.3) is 0 Å². The van der Waals surface area contributed by atoms with Crippen molar-refractivity contribution in [3.63, 3.8) is 0 Å². The first-order valence-corrected chi connectivity index (χ1v) is 6.69. The predicted octanol–water partition coefficient (Wildman–Crippen LogP) is 3.07. The molecular weight excluding hydrogens is 208 g/mol. The van der Waals surface area contributed by atoms with E-state index in [1.807, 2.05) is 13.2 Å². The molecule has 0 aliphatic heterocycles. The fraction of sp³-hybridized carbons (Fsp3) is 0.667. The molecular formula is C15H26N2. The summed E-state index contributed by atoms with van der Waals surface area (Å²) in [7, 11) is 2.05. The minimum atomic E-state index is 0.509. The molecule has 0 saturated carbocycles. The third-order valence-corrected chi connectivity index (χ3v) is 3.78. The van der Waals surface area contributed by atoms with Crippen LogP contribution in [0.25, 0.3) is 0 Å². The first-order valence-electron chi connectivity index (χ1n) is 6.69. The van der Waals surface area contributed by atoms with Gasteiger partial charge < -0.3 is 5.32 Å². The SMILES string of the molecule is CCc1ccc(CC(NC)C(C)C(C)C)nc1. The largest absolute Gasteiger partial charge is 0.316 e. The molecule has 0 spiro atoms. The van der Waals surface area contributed by atoms with E-state index in [0.717, 1.165) is 12.8 Å². The zero-order valence-corrected chi connectivity index (χ0v) is 11.8. The normalized spacial score (nSPS) is 14.9. The molecule has 1 aromatic heterocycles. The van der Waals surface area contributed by atoms with E-state index < -0.39 is 0 Å². The minimum Gasteiger partial charge on any atom is -0.316 e. The summed E-state index contributed by atoms with van der Waals surface area (Å²) in [5.74, 6) is 1.36. The summed E-state index contributed by atoms with van der Waals surface area (Å²) in [6.45, 7) is 9.03. The van der Waals surface area contributed by atoms with Crippen molar-refractivity contribution in [1.29, 1.82) is 0 Å². The van der Waals surface area contributed by atoms with Crippen molar-refractivity contribution in [2.45, 2.75) is 46.6 Å². The molecule has 0 saturated heterocycles. The van der Waals surface area contributed by atoms with Crippen LogP contribution in [0.2, 0.25) is 0 Å². The van der Waals surface area contributed by atoms with Gasteiger partial charge in [0.1, 0.15) is 0 Å². The molecule has 0 fully saturated rings. The molecule has 2 heteroatoms. The molecule has 0 bridgehead atoms. The van der Waals surface area contributed by atoms with E-state index >= 15 is 0 Å². The Labute approximate surface area is 106 Å². The number of nitrogens with one attached hydrogen (secondary N) is 1. The molecule has 1 heterocycles. The number of aryl methyl sites for hydroxylation is 1. The Morgan fingerprint density at radius 1 is 1.24 bits per heavy atom. The summed E-state index contributed by atoms with van der Waals surface area (Å²) in [5.41, 5.74) is 2.50. The molecule has 17 heavy (non-hydrogen) atoms. The first kappa shape index (κ1) is 14.2. The highest BCUT2D eigenvalue weighted by atomic mass is 14.9. The van der Waals surface area contributed by atoms with Gasteiger partial charge in [-0.1, -0.05) is 33.8 Å². The molecule has 2 atom stereocenters. The molecule has 0 radical (unpaired) electrons. The molecule has 2 nitrogen and oxygen atoms in total. The first-order chi connectivity index (χ1) is 8.08. The highest BCUT2D eigenvalue weighted by Crippen LogP contribution is 2.17. The Kier molecular flexibility index (Phi) is 5.63. The van der Waals surface area contributed by atoms with Crippen molar-refractivity contribution in [3.8, 4) is 0 Å². The lowest BCUT2D eigenvalue weighted by Crippen LogP contribution is -2.36. The van der Waals surface area contributed by atoms with E-state index in [2.05, 4.69) is 50.1 Å². The Morgan fingerprint density at radius 3 is 2.35 bits per heavy atom. The summed E-state index contributed by atoms with van der Waals surface area (Å²) < 4.78 is 0. The van der Waals surface area contributed by atoms with Crippen LogP contribution in [0.1, 0.15) is 39.0 Å². The molecule has 0 aliphatic rings. The van der Waals surface area contributed by atoms with E-state index in [0.29, 0.717) is 17.9 Å². The summed E-state index contributed by atoms with van der Waals surface area (Å²) in [6.07, 6.45) is 4.08. The second-order valence-electron chi connectivity index (χ2n) is 5.21.